The normalized spacial score (nSPS) is 11.5. The van der Waals surface area contributed by atoms with E-state index in [9.17, 15) is 0 Å². The van der Waals surface area contributed by atoms with E-state index in [1.165, 1.54) is 84.9 Å². The highest BCUT2D eigenvalue weighted by Crippen LogP contribution is 2.53. The molecule has 0 bridgehead atoms. The standard InChI is InChI=1S/C54H35NS2/c1-5-16-36(17-6-1)40-28-30-45-47-35-41(29-33-50(47)56-51(45)34-40)55(53-42(37-18-7-2-8-19-37)25-15-26-43(53)38-20-9-3-10-21-38)48-32-31-44(39-22-11-4-12-23-39)54-52(48)46-24-13-14-27-49(46)57-54/h1-35H. The predicted molar refractivity (Wildman–Crippen MR) is 249 cm³/mol. The fraction of sp³-hybridized carbons (Fsp3) is 0. The number of anilines is 3. The van der Waals surface area contributed by atoms with E-state index in [1.54, 1.807) is 0 Å². The van der Waals surface area contributed by atoms with Crippen molar-refractivity contribution in [2.24, 2.45) is 0 Å². The third-order valence-corrected chi connectivity index (χ3v) is 13.4. The van der Waals surface area contributed by atoms with Crippen LogP contribution in [0, 0.1) is 0 Å². The monoisotopic (exact) mass is 761 g/mol. The Hall–Kier alpha value is -6.78. The molecule has 268 valence electrons. The summed E-state index contributed by atoms with van der Waals surface area (Å²) in [4.78, 5) is 2.56. The summed E-state index contributed by atoms with van der Waals surface area (Å²) in [6, 6.07) is 77.7. The zero-order valence-corrected chi connectivity index (χ0v) is 32.6. The van der Waals surface area contributed by atoms with E-state index in [-0.39, 0.29) is 0 Å². The summed E-state index contributed by atoms with van der Waals surface area (Å²) >= 11 is 3.76. The molecule has 0 aliphatic rings. The van der Waals surface area contributed by atoms with Crippen LogP contribution in [-0.4, -0.2) is 0 Å². The minimum absolute atomic E-state index is 1.12. The van der Waals surface area contributed by atoms with Crippen LogP contribution in [0.4, 0.5) is 17.1 Å². The Morgan fingerprint density at radius 1 is 0.316 bits per heavy atom. The van der Waals surface area contributed by atoms with Gasteiger partial charge >= 0.3 is 0 Å². The smallest absolute Gasteiger partial charge is 0.0618 e. The van der Waals surface area contributed by atoms with Gasteiger partial charge in [-0.2, -0.15) is 0 Å². The van der Waals surface area contributed by atoms with Crippen LogP contribution in [0.2, 0.25) is 0 Å². The van der Waals surface area contributed by atoms with Gasteiger partial charge in [0.15, 0.2) is 0 Å². The molecule has 0 saturated carbocycles. The van der Waals surface area contributed by atoms with E-state index in [0.717, 1.165) is 17.1 Å². The molecule has 0 spiro atoms. The molecule has 0 atom stereocenters. The first kappa shape index (κ1) is 33.5. The molecular formula is C54H35NS2. The number of nitrogens with zero attached hydrogens (tertiary/aromatic N) is 1. The Balaban J connectivity index is 1.24. The lowest BCUT2D eigenvalue weighted by Crippen LogP contribution is -2.13. The van der Waals surface area contributed by atoms with Gasteiger partial charge in [-0.3, -0.25) is 0 Å². The van der Waals surface area contributed by atoms with E-state index in [1.807, 2.05) is 22.7 Å². The average molecular weight is 762 g/mol. The molecule has 1 nitrogen and oxygen atoms in total. The lowest BCUT2D eigenvalue weighted by atomic mass is 9.93. The van der Waals surface area contributed by atoms with E-state index in [0.29, 0.717) is 0 Å². The third kappa shape index (κ3) is 5.83. The number of thiophene rings is 2. The second kappa shape index (κ2) is 14.1. The van der Waals surface area contributed by atoms with Crippen molar-refractivity contribution >= 4 is 80.1 Å². The fourth-order valence-corrected chi connectivity index (χ4v) is 10.8. The molecule has 11 rings (SSSR count). The van der Waals surface area contributed by atoms with E-state index < -0.39 is 0 Å². The highest BCUT2D eigenvalue weighted by Gasteiger charge is 2.26. The number of para-hydroxylation sites is 1. The number of hydrogen-bond acceptors (Lipinski definition) is 3. The van der Waals surface area contributed by atoms with Gasteiger partial charge in [-0.25, -0.2) is 0 Å². The Labute approximate surface area is 340 Å². The van der Waals surface area contributed by atoms with Crippen molar-refractivity contribution in [1.82, 2.24) is 0 Å². The van der Waals surface area contributed by atoms with Crippen LogP contribution in [0.5, 0.6) is 0 Å². The molecule has 2 heterocycles. The molecule has 0 N–H and O–H groups in total. The van der Waals surface area contributed by atoms with Crippen molar-refractivity contribution in [1.29, 1.82) is 0 Å². The van der Waals surface area contributed by atoms with Crippen molar-refractivity contribution in [2.45, 2.75) is 0 Å². The SMILES string of the molecule is c1ccc(-c2ccc3c(c2)sc2ccc(N(c4c(-c5ccccc5)cccc4-c4ccccc4)c4ccc(-c5ccccc5)c5sc6ccccc6c45)cc23)cc1. The van der Waals surface area contributed by atoms with Crippen molar-refractivity contribution in [3.63, 3.8) is 0 Å². The topological polar surface area (TPSA) is 3.24 Å². The van der Waals surface area contributed by atoms with Crippen molar-refractivity contribution in [3.05, 3.63) is 212 Å². The first-order chi connectivity index (χ1) is 28.3. The quantitative estimate of drug-likeness (QED) is 0.156. The number of hydrogen-bond donors (Lipinski definition) is 0. The number of rotatable bonds is 7. The van der Waals surface area contributed by atoms with Crippen LogP contribution in [-0.2, 0) is 0 Å². The molecule has 0 fully saturated rings. The molecule has 0 saturated heterocycles. The molecule has 0 amide bonds. The maximum atomic E-state index is 2.56. The van der Waals surface area contributed by atoms with Gasteiger partial charge in [0.05, 0.1) is 11.4 Å². The Morgan fingerprint density at radius 2 is 0.895 bits per heavy atom. The molecule has 57 heavy (non-hydrogen) atoms. The largest absolute Gasteiger partial charge is 0.309 e. The van der Waals surface area contributed by atoms with Crippen LogP contribution in [0.1, 0.15) is 0 Å². The summed E-state index contributed by atoms with van der Waals surface area (Å²) in [7, 11) is 0. The van der Waals surface area contributed by atoms with Gasteiger partial charge in [0.1, 0.15) is 0 Å². The summed E-state index contributed by atoms with van der Waals surface area (Å²) in [5, 5.41) is 5.08. The van der Waals surface area contributed by atoms with Crippen LogP contribution in [0.3, 0.4) is 0 Å². The van der Waals surface area contributed by atoms with Gasteiger partial charge in [0, 0.05) is 57.2 Å². The Morgan fingerprint density at radius 3 is 1.56 bits per heavy atom. The number of benzene rings is 9. The molecule has 0 unspecified atom stereocenters. The van der Waals surface area contributed by atoms with E-state index >= 15 is 0 Å². The average Bonchev–Trinajstić information content (AvgIpc) is 3.86. The molecule has 11 aromatic rings. The zero-order valence-electron chi connectivity index (χ0n) is 31.0. The van der Waals surface area contributed by atoms with Gasteiger partial charge in [-0.15, -0.1) is 22.7 Å². The fourth-order valence-electron chi connectivity index (χ4n) is 8.43. The van der Waals surface area contributed by atoms with E-state index in [4.69, 9.17) is 0 Å². The van der Waals surface area contributed by atoms with Gasteiger partial charge in [-0.1, -0.05) is 176 Å². The minimum Gasteiger partial charge on any atom is -0.309 e. The van der Waals surface area contributed by atoms with Crippen molar-refractivity contribution in [3.8, 4) is 44.5 Å². The van der Waals surface area contributed by atoms with Crippen LogP contribution in [0.25, 0.3) is 84.9 Å². The Bertz CT molecular complexity index is 3160. The Kier molecular flexibility index (Phi) is 8.28. The molecule has 3 heteroatoms. The van der Waals surface area contributed by atoms with Crippen molar-refractivity contribution in [2.75, 3.05) is 4.90 Å². The molecule has 0 radical (unpaired) electrons. The third-order valence-electron chi connectivity index (χ3n) is 11.1. The minimum atomic E-state index is 1.12. The van der Waals surface area contributed by atoms with Crippen molar-refractivity contribution < 1.29 is 0 Å². The van der Waals surface area contributed by atoms with E-state index in [2.05, 4.69) is 217 Å². The lowest BCUT2D eigenvalue weighted by molar-refractivity contribution is 1.31. The summed E-state index contributed by atoms with van der Waals surface area (Å²) < 4.78 is 5.15. The highest BCUT2D eigenvalue weighted by atomic mass is 32.1. The maximum absolute atomic E-state index is 2.56. The highest BCUT2D eigenvalue weighted by molar-refractivity contribution is 7.26. The predicted octanol–water partition coefficient (Wildman–Crippen LogP) is 16.6. The second-order valence-electron chi connectivity index (χ2n) is 14.4. The van der Waals surface area contributed by atoms with Gasteiger partial charge < -0.3 is 4.90 Å². The van der Waals surface area contributed by atoms with Crippen LogP contribution < -0.4 is 4.90 Å². The first-order valence-electron chi connectivity index (χ1n) is 19.3. The lowest BCUT2D eigenvalue weighted by Gasteiger charge is -2.31. The molecule has 2 aromatic heterocycles. The van der Waals surface area contributed by atoms with Gasteiger partial charge in [-0.05, 0) is 69.8 Å². The first-order valence-corrected chi connectivity index (χ1v) is 21.0. The summed E-state index contributed by atoms with van der Waals surface area (Å²) in [5.74, 6) is 0. The summed E-state index contributed by atoms with van der Waals surface area (Å²) in [5.41, 5.74) is 13.1. The maximum Gasteiger partial charge on any atom is 0.0618 e. The molecule has 9 aromatic carbocycles. The number of fused-ring (bicyclic) bond motifs is 6. The molecular weight excluding hydrogens is 727 g/mol. The van der Waals surface area contributed by atoms with Crippen LogP contribution >= 0.6 is 22.7 Å². The van der Waals surface area contributed by atoms with Gasteiger partial charge in [0.25, 0.3) is 0 Å². The van der Waals surface area contributed by atoms with Crippen LogP contribution in [0.15, 0.2) is 212 Å². The summed E-state index contributed by atoms with van der Waals surface area (Å²) in [6.45, 7) is 0. The molecule has 0 aliphatic carbocycles. The summed E-state index contributed by atoms with van der Waals surface area (Å²) in [6.07, 6.45) is 0. The molecule has 0 aliphatic heterocycles. The zero-order chi connectivity index (χ0) is 37.7. The van der Waals surface area contributed by atoms with Gasteiger partial charge in [0.2, 0.25) is 0 Å². The second-order valence-corrected chi connectivity index (χ2v) is 16.6.